The first-order valence-corrected chi connectivity index (χ1v) is 5.53. The molecular weight excluding hydrogens is 272 g/mol. The minimum Gasteiger partial charge on any atom is -0.303 e. The molecule has 0 heterocycles. The second-order valence-corrected chi connectivity index (χ2v) is 4.39. The van der Waals surface area contributed by atoms with E-state index in [2.05, 4.69) is 26.6 Å². The van der Waals surface area contributed by atoms with Crippen molar-refractivity contribution in [3.63, 3.8) is 0 Å². The molecule has 2 N–H and O–H groups in total. The molecule has 1 aromatic carbocycles. The summed E-state index contributed by atoms with van der Waals surface area (Å²) in [6, 6.07) is 7.34. The number of hydrogen-bond acceptors (Lipinski definition) is 3. The van der Waals surface area contributed by atoms with Crippen molar-refractivity contribution in [2.24, 2.45) is 0 Å². The van der Waals surface area contributed by atoms with Crippen LogP contribution in [0.25, 0.3) is 0 Å². The number of hydrogen-bond donors (Lipinski definition) is 2. The van der Waals surface area contributed by atoms with Crippen LogP contribution in [0.2, 0.25) is 0 Å². The van der Waals surface area contributed by atoms with E-state index in [1.54, 1.807) is 14.0 Å². The maximum Gasteiger partial charge on any atom is 0.250 e. The molecule has 0 aromatic heterocycles. The molecule has 86 valence electrons. The van der Waals surface area contributed by atoms with E-state index in [-0.39, 0.29) is 5.91 Å². The lowest BCUT2D eigenvalue weighted by Gasteiger charge is -2.27. The van der Waals surface area contributed by atoms with Crippen molar-refractivity contribution in [2.75, 3.05) is 7.05 Å². The lowest BCUT2D eigenvalue weighted by Crippen LogP contribution is -2.50. The van der Waals surface area contributed by atoms with Crippen LogP contribution in [-0.2, 0) is 15.1 Å². The van der Waals surface area contributed by atoms with Crippen LogP contribution < -0.4 is 10.6 Å². The Balaban J connectivity index is 3.08. The summed E-state index contributed by atoms with van der Waals surface area (Å²) in [6.45, 7) is 1.72. The van der Waals surface area contributed by atoms with E-state index < -0.39 is 5.54 Å². The molecule has 1 atom stereocenters. The van der Waals surface area contributed by atoms with Crippen LogP contribution in [0.5, 0.6) is 0 Å². The molecule has 1 aromatic rings. The van der Waals surface area contributed by atoms with Crippen molar-refractivity contribution >= 4 is 28.2 Å². The maximum absolute atomic E-state index is 11.8. The first kappa shape index (κ1) is 12.9. The largest absolute Gasteiger partial charge is 0.303 e. The summed E-state index contributed by atoms with van der Waals surface area (Å²) < 4.78 is 0.936. The van der Waals surface area contributed by atoms with E-state index in [1.165, 1.54) is 0 Å². The molecule has 0 saturated carbocycles. The molecule has 2 amide bonds. The van der Waals surface area contributed by atoms with Gasteiger partial charge < -0.3 is 5.32 Å². The number of imide groups is 1. The highest BCUT2D eigenvalue weighted by molar-refractivity contribution is 9.10. The van der Waals surface area contributed by atoms with Crippen molar-refractivity contribution in [3.05, 3.63) is 34.3 Å². The number of carbonyl (C=O) groups is 2. The van der Waals surface area contributed by atoms with Crippen LogP contribution in [0, 0.1) is 0 Å². The number of halogens is 1. The van der Waals surface area contributed by atoms with E-state index in [0.717, 1.165) is 10.0 Å². The third-order valence-electron chi connectivity index (χ3n) is 2.57. The van der Waals surface area contributed by atoms with Crippen LogP contribution in [0.15, 0.2) is 28.7 Å². The first-order chi connectivity index (χ1) is 7.54. The third-order valence-corrected chi connectivity index (χ3v) is 3.09. The maximum atomic E-state index is 11.8. The molecule has 0 aliphatic rings. The number of amides is 2. The second kappa shape index (κ2) is 5.23. The van der Waals surface area contributed by atoms with Crippen molar-refractivity contribution < 1.29 is 9.59 Å². The van der Waals surface area contributed by atoms with Gasteiger partial charge in [-0.15, -0.1) is 0 Å². The Morgan fingerprint density at radius 2 is 1.94 bits per heavy atom. The van der Waals surface area contributed by atoms with Gasteiger partial charge >= 0.3 is 0 Å². The van der Waals surface area contributed by atoms with Gasteiger partial charge in [-0.05, 0) is 31.7 Å². The Kier molecular flexibility index (Phi) is 4.20. The number of rotatable bonds is 4. The summed E-state index contributed by atoms with van der Waals surface area (Å²) >= 11 is 3.32. The van der Waals surface area contributed by atoms with Crippen LogP contribution in [-0.4, -0.2) is 19.4 Å². The summed E-state index contributed by atoms with van der Waals surface area (Å²) in [5, 5.41) is 5.07. The molecule has 0 bridgehead atoms. The van der Waals surface area contributed by atoms with Crippen molar-refractivity contribution in [3.8, 4) is 0 Å². The zero-order valence-corrected chi connectivity index (χ0v) is 10.7. The predicted molar refractivity (Wildman–Crippen MR) is 64.8 cm³/mol. The van der Waals surface area contributed by atoms with Gasteiger partial charge in [-0.1, -0.05) is 28.1 Å². The highest BCUT2D eigenvalue weighted by Gasteiger charge is 2.33. The predicted octanol–water partition coefficient (Wildman–Crippen LogP) is 1.16. The number of benzene rings is 1. The summed E-state index contributed by atoms with van der Waals surface area (Å²) in [6.07, 6.45) is 0.386. The zero-order chi connectivity index (χ0) is 12.2. The molecule has 16 heavy (non-hydrogen) atoms. The van der Waals surface area contributed by atoms with Crippen LogP contribution in [0.1, 0.15) is 12.5 Å². The van der Waals surface area contributed by atoms with Gasteiger partial charge in [-0.25, -0.2) is 0 Å². The van der Waals surface area contributed by atoms with E-state index in [9.17, 15) is 9.59 Å². The van der Waals surface area contributed by atoms with E-state index >= 15 is 0 Å². The Morgan fingerprint density at radius 3 is 2.38 bits per heavy atom. The fourth-order valence-corrected chi connectivity index (χ4v) is 1.63. The van der Waals surface area contributed by atoms with Crippen molar-refractivity contribution in [2.45, 2.75) is 12.5 Å². The number of nitrogens with one attached hydrogen (secondary N) is 2. The Bertz CT molecular complexity index is 391. The highest BCUT2D eigenvalue weighted by atomic mass is 79.9. The number of carbonyl (C=O) groups excluding carboxylic acids is 2. The van der Waals surface area contributed by atoms with Gasteiger partial charge in [0.2, 0.25) is 6.41 Å². The van der Waals surface area contributed by atoms with Crippen LogP contribution in [0.3, 0.4) is 0 Å². The van der Waals surface area contributed by atoms with Gasteiger partial charge in [0.05, 0.1) is 0 Å². The van der Waals surface area contributed by atoms with E-state index in [1.807, 2.05) is 24.3 Å². The van der Waals surface area contributed by atoms with Gasteiger partial charge in [-0.3, -0.25) is 14.9 Å². The van der Waals surface area contributed by atoms with Gasteiger partial charge in [-0.2, -0.15) is 0 Å². The number of likely N-dealkylation sites (N-methyl/N-ethyl adjacent to an activating group) is 1. The smallest absolute Gasteiger partial charge is 0.250 e. The average molecular weight is 285 g/mol. The molecule has 0 fully saturated rings. The van der Waals surface area contributed by atoms with Gasteiger partial charge in [0.15, 0.2) is 0 Å². The highest BCUT2D eigenvalue weighted by Crippen LogP contribution is 2.22. The van der Waals surface area contributed by atoms with Crippen molar-refractivity contribution in [1.82, 2.24) is 10.6 Å². The topological polar surface area (TPSA) is 58.2 Å². The molecule has 0 radical (unpaired) electrons. The lowest BCUT2D eigenvalue weighted by atomic mass is 9.91. The Labute approximate surface area is 103 Å². The molecule has 5 heteroatoms. The van der Waals surface area contributed by atoms with Gasteiger partial charge in [0, 0.05) is 4.47 Å². The molecular formula is C11H13BrN2O2. The monoisotopic (exact) mass is 284 g/mol. The fourth-order valence-electron chi connectivity index (χ4n) is 1.37. The average Bonchev–Trinajstić information content (AvgIpc) is 2.29. The summed E-state index contributed by atoms with van der Waals surface area (Å²) in [5.74, 6) is -0.382. The van der Waals surface area contributed by atoms with Gasteiger partial charge in [0.25, 0.3) is 5.91 Å². The molecule has 0 saturated heterocycles. The quantitative estimate of drug-likeness (QED) is 0.816. The zero-order valence-electron chi connectivity index (χ0n) is 9.08. The summed E-state index contributed by atoms with van der Waals surface area (Å²) in [5.41, 5.74) is -0.126. The fraction of sp³-hybridized carbons (Fsp3) is 0.273. The molecule has 1 unspecified atom stereocenters. The van der Waals surface area contributed by atoms with Crippen LogP contribution >= 0.6 is 15.9 Å². The molecule has 0 aliphatic carbocycles. The standard InChI is InChI=1S/C11H13BrN2O2/c1-11(13-2,10(16)14-7-15)8-3-5-9(12)6-4-8/h3-7,13H,1-2H3,(H,14,15,16). The third kappa shape index (κ3) is 2.48. The molecule has 4 nitrogen and oxygen atoms in total. The van der Waals surface area contributed by atoms with E-state index in [4.69, 9.17) is 0 Å². The van der Waals surface area contributed by atoms with Crippen molar-refractivity contribution in [1.29, 1.82) is 0 Å². The Morgan fingerprint density at radius 1 is 1.38 bits per heavy atom. The van der Waals surface area contributed by atoms with E-state index in [0.29, 0.717) is 6.41 Å². The summed E-state index contributed by atoms with van der Waals surface area (Å²) in [4.78, 5) is 22.1. The van der Waals surface area contributed by atoms with Crippen LogP contribution in [0.4, 0.5) is 0 Å². The Hall–Kier alpha value is -1.20. The molecule has 0 spiro atoms. The molecule has 0 aliphatic heterocycles. The minimum atomic E-state index is -0.915. The second-order valence-electron chi connectivity index (χ2n) is 3.47. The molecule has 1 rings (SSSR count). The lowest BCUT2D eigenvalue weighted by molar-refractivity contribution is -0.130. The van der Waals surface area contributed by atoms with Gasteiger partial charge in [0.1, 0.15) is 5.54 Å². The minimum absolute atomic E-state index is 0.382. The SMILES string of the molecule is CNC(C)(C(=O)NC=O)c1ccc(Br)cc1. The normalized spacial score (nSPS) is 13.9. The first-order valence-electron chi connectivity index (χ1n) is 4.74. The summed E-state index contributed by atoms with van der Waals surface area (Å²) in [7, 11) is 1.67.